The Balaban J connectivity index is 4.79. The lowest BCUT2D eigenvalue weighted by atomic mass is 9.85. The van der Waals surface area contributed by atoms with E-state index in [9.17, 15) is 9.59 Å². The predicted molar refractivity (Wildman–Crippen MR) is 42.8 cm³/mol. The molecule has 0 saturated heterocycles. The van der Waals surface area contributed by atoms with Gasteiger partial charge in [-0.3, -0.25) is 4.79 Å². The first-order valence-electron chi connectivity index (χ1n) is 3.43. The summed E-state index contributed by atoms with van der Waals surface area (Å²) in [5.41, 5.74) is -0.791. The molecule has 68 valence electrons. The SMILES string of the molecule is C/C(=C\C(=O)O)C(C)(C)C(=O)O. The van der Waals surface area contributed by atoms with E-state index in [-0.39, 0.29) is 0 Å². The van der Waals surface area contributed by atoms with Crippen LogP contribution < -0.4 is 0 Å². The van der Waals surface area contributed by atoms with Gasteiger partial charge in [0.05, 0.1) is 5.41 Å². The van der Waals surface area contributed by atoms with Crippen LogP contribution >= 0.6 is 0 Å². The lowest BCUT2D eigenvalue weighted by Gasteiger charge is -2.19. The average molecular weight is 172 g/mol. The molecule has 0 bridgehead atoms. The van der Waals surface area contributed by atoms with Gasteiger partial charge in [-0.1, -0.05) is 0 Å². The molecule has 0 aliphatic rings. The topological polar surface area (TPSA) is 74.6 Å². The molecule has 0 radical (unpaired) electrons. The third-order valence-corrected chi connectivity index (χ3v) is 1.86. The quantitative estimate of drug-likeness (QED) is 0.626. The average Bonchev–Trinajstić information content (AvgIpc) is 1.85. The zero-order valence-electron chi connectivity index (χ0n) is 7.29. The number of carboxylic acids is 2. The van der Waals surface area contributed by atoms with Gasteiger partial charge in [-0.15, -0.1) is 0 Å². The molecular formula is C8H12O4. The van der Waals surface area contributed by atoms with Crippen LogP contribution in [0.4, 0.5) is 0 Å². The van der Waals surface area contributed by atoms with E-state index in [1.165, 1.54) is 20.8 Å². The van der Waals surface area contributed by atoms with Crippen molar-refractivity contribution in [2.45, 2.75) is 20.8 Å². The van der Waals surface area contributed by atoms with Crippen LogP contribution in [0.2, 0.25) is 0 Å². The van der Waals surface area contributed by atoms with Crippen molar-refractivity contribution in [3.63, 3.8) is 0 Å². The monoisotopic (exact) mass is 172 g/mol. The number of aliphatic carboxylic acids is 2. The summed E-state index contributed by atoms with van der Waals surface area (Å²) in [4.78, 5) is 20.8. The maximum atomic E-state index is 10.6. The number of hydrogen-bond acceptors (Lipinski definition) is 2. The van der Waals surface area contributed by atoms with Gasteiger partial charge in [0.2, 0.25) is 0 Å². The maximum absolute atomic E-state index is 10.6. The van der Waals surface area contributed by atoms with E-state index in [4.69, 9.17) is 10.2 Å². The van der Waals surface area contributed by atoms with Gasteiger partial charge in [0, 0.05) is 6.08 Å². The minimum atomic E-state index is -1.12. The maximum Gasteiger partial charge on any atom is 0.328 e. The Bertz CT molecular complexity index is 237. The van der Waals surface area contributed by atoms with Gasteiger partial charge in [-0.05, 0) is 26.3 Å². The predicted octanol–water partition coefficient (Wildman–Crippen LogP) is 1.13. The third kappa shape index (κ3) is 2.38. The summed E-state index contributed by atoms with van der Waals surface area (Å²) in [6, 6.07) is 0. The van der Waals surface area contributed by atoms with Crippen molar-refractivity contribution >= 4 is 11.9 Å². The zero-order chi connectivity index (χ0) is 9.94. The molecule has 0 aromatic heterocycles. The van der Waals surface area contributed by atoms with E-state index in [1.54, 1.807) is 0 Å². The third-order valence-electron chi connectivity index (χ3n) is 1.86. The van der Waals surface area contributed by atoms with Crippen molar-refractivity contribution in [2.24, 2.45) is 5.41 Å². The van der Waals surface area contributed by atoms with Crippen LogP contribution in [0.3, 0.4) is 0 Å². The van der Waals surface area contributed by atoms with Gasteiger partial charge in [0.25, 0.3) is 0 Å². The number of rotatable bonds is 3. The molecule has 0 aromatic rings. The molecule has 0 rings (SSSR count). The lowest BCUT2D eigenvalue weighted by Crippen LogP contribution is -2.25. The van der Waals surface area contributed by atoms with Crippen molar-refractivity contribution in [3.05, 3.63) is 11.6 Å². The molecule has 0 aromatic carbocycles. The van der Waals surface area contributed by atoms with Crippen LogP contribution in [-0.4, -0.2) is 22.2 Å². The van der Waals surface area contributed by atoms with Crippen molar-refractivity contribution in [3.8, 4) is 0 Å². The van der Waals surface area contributed by atoms with Crippen molar-refractivity contribution < 1.29 is 19.8 Å². The summed E-state index contributed by atoms with van der Waals surface area (Å²) in [5, 5.41) is 17.1. The lowest BCUT2D eigenvalue weighted by molar-refractivity contribution is -0.144. The fourth-order valence-electron chi connectivity index (χ4n) is 0.534. The highest BCUT2D eigenvalue weighted by Crippen LogP contribution is 2.25. The number of carbonyl (C=O) groups is 2. The Hall–Kier alpha value is -1.32. The second-order valence-corrected chi connectivity index (χ2v) is 3.10. The van der Waals surface area contributed by atoms with Gasteiger partial charge in [0.15, 0.2) is 0 Å². The molecule has 0 fully saturated rings. The largest absolute Gasteiger partial charge is 0.481 e. The normalized spacial score (nSPS) is 12.8. The van der Waals surface area contributed by atoms with E-state index in [2.05, 4.69) is 0 Å². The molecule has 12 heavy (non-hydrogen) atoms. The highest BCUT2D eigenvalue weighted by molar-refractivity contribution is 5.84. The number of hydrogen-bond donors (Lipinski definition) is 2. The Kier molecular flexibility index (Phi) is 3.01. The standard InChI is InChI=1S/C8H12O4/c1-5(4-6(9)10)8(2,3)7(11)12/h4H,1-3H3,(H,9,10)(H,11,12)/b5-4+. The Morgan fingerprint density at radius 2 is 1.67 bits per heavy atom. The summed E-state index contributed by atoms with van der Waals surface area (Å²) in [6.45, 7) is 4.41. The fourth-order valence-corrected chi connectivity index (χ4v) is 0.534. The van der Waals surface area contributed by atoms with E-state index in [1.807, 2.05) is 0 Å². The van der Waals surface area contributed by atoms with Gasteiger partial charge in [-0.2, -0.15) is 0 Å². The minimum absolute atomic E-state index is 0.322. The molecule has 0 atom stereocenters. The van der Waals surface area contributed by atoms with Gasteiger partial charge < -0.3 is 10.2 Å². The molecule has 0 unspecified atom stereocenters. The van der Waals surface area contributed by atoms with Gasteiger partial charge >= 0.3 is 11.9 Å². The first-order chi connectivity index (χ1) is 5.28. The Morgan fingerprint density at radius 1 is 1.25 bits per heavy atom. The molecule has 0 amide bonds. The van der Waals surface area contributed by atoms with Crippen molar-refractivity contribution in [1.29, 1.82) is 0 Å². The molecule has 0 aliphatic carbocycles. The summed E-state index contributed by atoms with van der Waals surface area (Å²) < 4.78 is 0. The second-order valence-electron chi connectivity index (χ2n) is 3.10. The van der Waals surface area contributed by atoms with Crippen molar-refractivity contribution in [2.75, 3.05) is 0 Å². The first-order valence-corrected chi connectivity index (χ1v) is 3.43. The van der Waals surface area contributed by atoms with Crippen LogP contribution in [0.15, 0.2) is 11.6 Å². The van der Waals surface area contributed by atoms with E-state index < -0.39 is 17.4 Å². The van der Waals surface area contributed by atoms with Crippen LogP contribution in [0.25, 0.3) is 0 Å². The molecule has 4 nitrogen and oxygen atoms in total. The van der Waals surface area contributed by atoms with Crippen molar-refractivity contribution in [1.82, 2.24) is 0 Å². The molecular weight excluding hydrogens is 160 g/mol. The van der Waals surface area contributed by atoms with E-state index in [0.717, 1.165) is 6.08 Å². The summed E-state index contributed by atoms with van der Waals surface area (Å²) >= 11 is 0. The summed E-state index contributed by atoms with van der Waals surface area (Å²) in [7, 11) is 0. The second kappa shape index (κ2) is 3.38. The van der Waals surface area contributed by atoms with Crippen LogP contribution in [-0.2, 0) is 9.59 Å². The minimum Gasteiger partial charge on any atom is -0.481 e. The molecule has 0 saturated carbocycles. The van der Waals surface area contributed by atoms with Gasteiger partial charge in [0.1, 0.15) is 0 Å². The Labute approximate surface area is 70.5 Å². The highest BCUT2D eigenvalue weighted by atomic mass is 16.4. The smallest absolute Gasteiger partial charge is 0.328 e. The zero-order valence-corrected chi connectivity index (χ0v) is 7.29. The molecule has 0 aliphatic heterocycles. The Morgan fingerprint density at radius 3 is 1.92 bits per heavy atom. The van der Waals surface area contributed by atoms with E-state index in [0.29, 0.717) is 5.57 Å². The van der Waals surface area contributed by atoms with E-state index >= 15 is 0 Å². The van der Waals surface area contributed by atoms with Crippen LogP contribution in [0, 0.1) is 5.41 Å². The summed E-state index contributed by atoms with van der Waals surface area (Å²) in [6.07, 6.45) is 0.911. The molecule has 4 heteroatoms. The summed E-state index contributed by atoms with van der Waals surface area (Å²) in [5.74, 6) is -2.15. The fraction of sp³-hybridized carbons (Fsp3) is 0.500. The highest BCUT2D eigenvalue weighted by Gasteiger charge is 2.29. The van der Waals surface area contributed by atoms with Crippen LogP contribution in [0.1, 0.15) is 20.8 Å². The van der Waals surface area contributed by atoms with Gasteiger partial charge in [-0.25, -0.2) is 4.79 Å². The molecule has 2 N–H and O–H groups in total. The van der Waals surface area contributed by atoms with Crippen LogP contribution in [0.5, 0.6) is 0 Å². The molecule has 0 spiro atoms. The molecule has 0 heterocycles. The number of carboxylic acid groups (broad SMARTS) is 2. The first kappa shape index (κ1) is 10.7.